The molecule has 0 radical (unpaired) electrons. The van der Waals surface area contributed by atoms with Gasteiger partial charge in [0.1, 0.15) is 16.5 Å². The van der Waals surface area contributed by atoms with Crippen LogP contribution in [0.15, 0.2) is 29.4 Å². The molecule has 9 nitrogen and oxygen atoms in total. The smallest absolute Gasteiger partial charge is 0.341 e. The summed E-state index contributed by atoms with van der Waals surface area (Å²) in [5.41, 5.74) is 1.50. The lowest BCUT2D eigenvalue weighted by atomic mass is 9.88. The van der Waals surface area contributed by atoms with Crippen molar-refractivity contribution in [2.24, 2.45) is 13.0 Å². The van der Waals surface area contributed by atoms with Crippen molar-refractivity contribution in [2.75, 3.05) is 25.3 Å². The number of carbonyl (C=O) groups excluding carboxylic acids is 2. The van der Waals surface area contributed by atoms with E-state index in [9.17, 15) is 9.59 Å². The van der Waals surface area contributed by atoms with Crippen LogP contribution in [0.2, 0.25) is 0 Å². The van der Waals surface area contributed by atoms with E-state index in [1.165, 1.54) is 30.2 Å². The van der Waals surface area contributed by atoms with Crippen molar-refractivity contribution in [3.63, 3.8) is 0 Å². The van der Waals surface area contributed by atoms with E-state index >= 15 is 0 Å². The molecule has 0 bridgehead atoms. The van der Waals surface area contributed by atoms with E-state index < -0.39 is 5.97 Å². The second kappa shape index (κ2) is 11.3. The van der Waals surface area contributed by atoms with Crippen LogP contribution >= 0.6 is 23.1 Å². The molecule has 0 aliphatic heterocycles. The number of amides is 1. The number of aromatic nitrogens is 3. The van der Waals surface area contributed by atoms with Gasteiger partial charge < -0.3 is 24.1 Å². The van der Waals surface area contributed by atoms with Crippen LogP contribution in [0.1, 0.15) is 53.0 Å². The van der Waals surface area contributed by atoms with Gasteiger partial charge in [-0.05, 0) is 61.9 Å². The molecule has 2 heterocycles. The van der Waals surface area contributed by atoms with Gasteiger partial charge in [-0.15, -0.1) is 21.5 Å². The van der Waals surface area contributed by atoms with E-state index in [0.717, 1.165) is 35.5 Å². The van der Waals surface area contributed by atoms with E-state index in [1.807, 2.05) is 42.8 Å². The molecule has 36 heavy (non-hydrogen) atoms. The lowest BCUT2D eigenvalue weighted by Gasteiger charge is -2.18. The molecule has 2 atom stereocenters. The standard InChI is InChI=1S/C25H30N4O5S2/c1-14-6-11-18-19(12-14)36-23(21(18)24(31)33-5)26-20(30)13-35-25-28-27-22(29(25)3)15(2)34-17-9-7-16(32-4)8-10-17/h7-10,14-15H,6,11-13H2,1-5H3,(H,26,30). The molecule has 1 N–H and O–H groups in total. The highest BCUT2D eigenvalue weighted by Crippen LogP contribution is 2.40. The maximum atomic E-state index is 12.8. The Bertz CT molecular complexity index is 1240. The van der Waals surface area contributed by atoms with Crippen LogP contribution in [0, 0.1) is 5.92 Å². The minimum Gasteiger partial charge on any atom is -0.497 e. The van der Waals surface area contributed by atoms with E-state index in [-0.39, 0.29) is 17.8 Å². The van der Waals surface area contributed by atoms with Gasteiger partial charge in [0.05, 0.1) is 25.5 Å². The molecule has 0 spiro atoms. The minimum atomic E-state index is -0.409. The Kier molecular flexibility index (Phi) is 8.20. The first-order chi connectivity index (χ1) is 17.3. The van der Waals surface area contributed by atoms with Crippen LogP contribution < -0.4 is 14.8 Å². The number of benzene rings is 1. The molecule has 1 aromatic carbocycles. The van der Waals surface area contributed by atoms with Gasteiger partial charge in [-0.1, -0.05) is 18.7 Å². The third-order valence-corrected chi connectivity index (χ3v) is 8.28. The molecule has 2 aromatic heterocycles. The van der Waals surface area contributed by atoms with Crippen LogP contribution in [0.3, 0.4) is 0 Å². The number of carbonyl (C=O) groups is 2. The highest BCUT2D eigenvalue weighted by Gasteiger charge is 2.29. The number of methoxy groups -OCH3 is 2. The Balaban J connectivity index is 1.39. The predicted molar refractivity (Wildman–Crippen MR) is 139 cm³/mol. The van der Waals surface area contributed by atoms with E-state index in [1.54, 1.807) is 7.11 Å². The molecule has 0 saturated heterocycles. The minimum absolute atomic E-state index is 0.124. The number of hydrogen-bond donors (Lipinski definition) is 1. The van der Waals surface area contributed by atoms with Crippen molar-refractivity contribution in [1.82, 2.24) is 14.8 Å². The molecule has 3 aromatic rings. The Labute approximate surface area is 218 Å². The summed E-state index contributed by atoms with van der Waals surface area (Å²) < 4.78 is 18.0. The van der Waals surface area contributed by atoms with Crippen molar-refractivity contribution in [2.45, 2.75) is 44.4 Å². The predicted octanol–water partition coefficient (Wildman–Crippen LogP) is 4.67. The first kappa shape index (κ1) is 26.0. The largest absolute Gasteiger partial charge is 0.497 e. The summed E-state index contributed by atoms with van der Waals surface area (Å²) in [5, 5.41) is 12.6. The first-order valence-corrected chi connectivity index (χ1v) is 13.5. The number of fused-ring (bicyclic) bond motifs is 1. The van der Waals surface area contributed by atoms with Gasteiger partial charge in [-0.3, -0.25) is 4.79 Å². The summed E-state index contributed by atoms with van der Waals surface area (Å²) in [7, 11) is 4.82. The number of thioether (sulfide) groups is 1. The first-order valence-electron chi connectivity index (χ1n) is 11.7. The normalized spacial score (nSPS) is 15.6. The number of hydrogen-bond acceptors (Lipinski definition) is 9. The molecular weight excluding hydrogens is 500 g/mol. The molecule has 0 saturated carbocycles. The molecule has 2 unspecified atom stereocenters. The molecule has 1 aliphatic carbocycles. The molecule has 4 rings (SSSR count). The van der Waals surface area contributed by atoms with Gasteiger partial charge in [-0.2, -0.15) is 0 Å². The third kappa shape index (κ3) is 5.67. The number of thiophene rings is 1. The molecule has 192 valence electrons. The Morgan fingerprint density at radius 2 is 1.94 bits per heavy atom. The summed E-state index contributed by atoms with van der Waals surface area (Å²) in [6.45, 7) is 4.09. The van der Waals surface area contributed by atoms with Crippen LogP contribution in [0.5, 0.6) is 11.5 Å². The summed E-state index contributed by atoms with van der Waals surface area (Å²) >= 11 is 2.75. The topological polar surface area (TPSA) is 105 Å². The maximum Gasteiger partial charge on any atom is 0.341 e. The van der Waals surface area contributed by atoms with Crippen molar-refractivity contribution in [3.8, 4) is 11.5 Å². The van der Waals surface area contributed by atoms with Crippen molar-refractivity contribution >= 4 is 40.0 Å². The van der Waals surface area contributed by atoms with Gasteiger partial charge >= 0.3 is 5.97 Å². The zero-order valence-corrected chi connectivity index (χ0v) is 22.6. The molecule has 0 fully saturated rings. The number of rotatable bonds is 9. The Hall–Kier alpha value is -3.05. The van der Waals surface area contributed by atoms with Crippen LogP contribution in [-0.2, 0) is 29.4 Å². The molecule has 1 amide bonds. The Morgan fingerprint density at radius 1 is 1.22 bits per heavy atom. The number of ether oxygens (including phenoxy) is 3. The summed E-state index contributed by atoms with van der Waals surface area (Å²) in [6.07, 6.45) is 2.40. The molecular formula is C25H30N4O5S2. The fourth-order valence-electron chi connectivity index (χ4n) is 4.17. The second-order valence-electron chi connectivity index (χ2n) is 8.72. The average Bonchev–Trinajstić information content (AvgIpc) is 3.41. The van der Waals surface area contributed by atoms with Crippen molar-refractivity contribution < 1.29 is 23.8 Å². The zero-order chi connectivity index (χ0) is 25.8. The fraction of sp³-hybridized carbons (Fsp3) is 0.440. The van der Waals surface area contributed by atoms with Crippen LogP contribution in [-0.4, -0.2) is 46.6 Å². The average molecular weight is 531 g/mol. The second-order valence-corrected chi connectivity index (χ2v) is 10.8. The zero-order valence-electron chi connectivity index (χ0n) is 21.0. The number of esters is 1. The SMILES string of the molecule is COC(=O)c1c(NC(=O)CSc2nnc(C(C)Oc3ccc(OC)cc3)n2C)sc2c1CCC(C)C2. The quantitative estimate of drug-likeness (QED) is 0.314. The maximum absolute atomic E-state index is 12.8. The third-order valence-electron chi connectivity index (χ3n) is 6.09. The molecule has 1 aliphatic rings. The van der Waals surface area contributed by atoms with Gasteiger partial charge in [-0.25, -0.2) is 4.79 Å². The van der Waals surface area contributed by atoms with E-state index in [0.29, 0.717) is 33.2 Å². The lowest BCUT2D eigenvalue weighted by Crippen LogP contribution is -2.17. The summed E-state index contributed by atoms with van der Waals surface area (Å²) in [6, 6.07) is 7.32. The van der Waals surface area contributed by atoms with Crippen molar-refractivity contribution in [3.05, 3.63) is 46.1 Å². The van der Waals surface area contributed by atoms with Crippen molar-refractivity contribution in [1.29, 1.82) is 0 Å². The highest BCUT2D eigenvalue weighted by atomic mass is 32.2. The number of nitrogens with zero attached hydrogens (tertiary/aromatic N) is 3. The monoisotopic (exact) mass is 530 g/mol. The van der Waals surface area contributed by atoms with E-state index in [4.69, 9.17) is 14.2 Å². The van der Waals surface area contributed by atoms with Crippen LogP contribution in [0.25, 0.3) is 0 Å². The van der Waals surface area contributed by atoms with Gasteiger partial charge in [0.25, 0.3) is 0 Å². The highest BCUT2D eigenvalue weighted by molar-refractivity contribution is 7.99. The summed E-state index contributed by atoms with van der Waals surface area (Å²) in [5.74, 6) is 2.14. The molecule has 11 heteroatoms. The Morgan fingerprint density at radius 3 is 2.64 bits per heavy atom. The lowest BCUT2D eigenvalue weighted by molar-refractivity contribution is -0.113. The number of nitrogens with one attached hydrogen (secondary N) is 1. The van der Waals surface area contributed by atoms with Crippen LogP contribution in [0.4, 0.5) is 5.00 Å². The van der Waals surface area contributed by atoms with Gasteiger partial charge in [0.2, 0.25) is 5.91 Å². The summed E-state index contributed by atoms with van der Waals surface area (Å²) in [4.78, 5) is 26.4. The fourth-order valence-corrected chi connectivity index (χ4v) is 6.30. The van der Waals surface area contributed by atoms with Gasteiger partial charge in [0.15, 0.2) is 17.1 Å². The number of anilines is 1. The van der Waals surface area contributed by atoms with E-state index in [2.05, 4.69) is 22.4 Å². The van der Waals surface area contributed by atoms with Gasteiger partial charge in [0, 0.05) is 11.9 Å².